The zero-order valence-corrected chi connectivity index (χ0v) is 11.3. The van der Waals surface area contributed by atoms with Crippen LogP contribution in [0.1, 0.15) is 11.1 Å². The molecule has 2 rings (SSSR count). The number of hydrogen-bond acceptors (Lipinski definition) is 2. The van der Waals surface area contributed by atoms with Gasteiger partial charge in [-0.05, 0) is 23.3 Å². The largest absolute Gasteiger partial charge is 0.287 e. The lowest BCUT2D eigenvalue weighted by Gasteiger charge is -1.96. The number of nitro benzene ring substituents is 1. The van der Waals surface area contributed by atoms with Gasteiger partial charge in [-0.25, -0.2) is 0 Å². The van der Waals surface area contributed by atoms with Gasteiger partial charge in [0.2, 0.25) is 0 Å². The van der Waals surface area contributed by atoms with E-state index in [1.807, 2.05) is 54.6 Å². The van der Waals surface area contributed by atoms with Crippen LogP contribution in [0.4, 0.5) is 5.69 Å². The van der Waals surface area contributed by atoms with Crippen LogP contribution in [-0.2, 0) is 0 Å². The predicted molar refractivity (Wildman–Crippen MR) is 82.6 cm³/mol. The molecule has 0 spiro atoms. The summed E-state index contributed by atoms with van der Waals surface area (Å²) < 4.78 is 0. The van der Waals surface area contributed by atoms with E-state index >= 15 is 0 Å². The van der Waals surface area contributed by atoms with E-state index in [2.05, 4.69) is 0 Å². The predicted octanol–water partition coefficient (Wildman–Crippen LogP) is 4.97. The molecule has 2 aromatic carbocycles. The third kappa shape index (κ3) is 3.80. The minimum absolute atomic E-state index is 0.0800. The molecule has 0 fully saturated rings. The zero-order chi connectivity index (χ0) is 14.4. The molecule has 0 aliphatic rings. The fraction of sp³-hybridized carbons (Fsp3) is 0. The molecule has 0 saturated carbocycles. The van der Waals surface area contributed by atoms with Crippen molar-refractivity contribution >= 4 is 29.4 Å². The second kappa shape index (κ2) is 6.68. The molecule has 100 valence electrons. The quantitative estimate of drug-likeness (QED) is 0.452. The van der Waals surface area contributed by atoms with Crippen molar-refractivity contribution in [2.24, 2.45) is 0 Å². The number of hydrogen-bond donors (Lipinski definition) is 0. The van der Waals surface area contributed by atoms with Crippen LogP contribution in [0.15, 0.2) is 60.7 Å². The van der Waals surface area contributed by atoms with Crippen LogP contribution in [-0.4, -0.2) is 4.92 Å². The van der Waals surface area contributed by atoms with Gasteiger partial charge in [-0.15, -0.1) is 0 Å². The molecule has 3 nitrogen and oxygen atoms in total. The Morgan fingerprint density at radius 2 is 1.60 bits per heavy atom. The lowest BCUT2D eigenvalue weighted by Crippen LogP contribution is -1.88. The van der Waals surface area contributed by atoms with Crippen molar-refractivity contribution in [3.63, 3.8) is 0 Å². The zero-order valence-electron chi connectivity index (χ0n) is 10.6. The first-order valence-electron chi connectivity index (χ1n) is 6.00. The van der Waals surface area contributed by atoms with Gasteiger partial charge in [-0.2, -0.15) is 0 Å². The maximum absolute atomic E-state index is 10.6. The molecular weight excluding hydrogens is 274 g/mol. The van der Waals surface area contributed by atoms with Crippen LogP contribution in [0.2, 0.25) is 5.02 Å². The highest BCUT2D eigenvalue weighted by atomic mass is 35.5. The van der Waals surface area contributed by atoms with Crippen LogP contribution in [0.5, 0.6) is 0 Å². The molecule has 20 heavy (non-hydrogen) atoms. The lowest BCUT2D eigenvalue weighted by atomic mass is 10.1. The molecule has 0 bridgehead atoms. The number of rotatable bonds is 4. The van der Waals surface area contributed by atoms with E-state index in [1.54, 1.807) is 12.1 Å². The van der Waals surface area contributed by atoms with Gasteiger partial charge in [0.05, 0.1) is 4.92 Å². The Labute approximate surface area is 122 Å². The number of benzene rings is 2. The molecule has 0 aromatic heterocycles. The highest BCUT2D eigenvalue weighted by Crippen LogP contribution is 2.25. The highest BCUT2D eigenvalue weighted by Gasteiger charge is 2.10. The first kappa shape index (κ1) is 14.0. The van der Waals surface area contributed by atoms with Crippen molar-refractivity contribution in [3.8, 4) is 0 Å². The molecule has 0 aliphatic heterocycles. The van der Waals surface area contributed by atoms with Crippen LogP contribution >= 0.6 is 11.6 Å². The number of nitrogens with zero attached hydrogens (tertiary/aromatic N) is 1. The van der Waals surface area contributed by atoms with E-state index in [-0.39, 0.29) is 10.7 Å². The molecule has 0 heterocycles. The SMILES string of the molecule is O=[N+]([O-])c1ccc(/C=C\C=C\c2ccccc2)cc1Cl. The normalized spacial score (nSPS) is 11.2. The van der Waals surface area contributed by atoms with E-state index in [9.17, 15) is 10.1 Å². The average Bonchev–Trinajstić information content (AvgIpc) is 2.44. The van der Waals surface area contributed by atoms with Gasteiger partial charge < -0.3 is 0 Å². The third-order valence-electron chi connectivity index (χ3n) is 2.66. The van der Waals surface area contributed by atoms with Crippen molar-refractivity contribution in [2.45, 2.75) is 0 Å². The Morgan fingerprint density at radius 3 is 2.20 bits per heavy atom. The summed E-state index contributed by atoms with van der Waals surface area (Å²) in [5, 5.41) is 10.8. The first-order chi connectivity index (χ1) is 9.66. The monoisotopic (exact) mass is 285 g/mol. The Morgan fingerprint density at radius 1 is 0.950 bits per heavy atom. The second-order valence-electron chi connectivity index (χ2n) is 4.10. The summed E-state index contributed by atoms with van der Waals surface area (Å²) in [5.41, 5.74) is 1.85. The van der Waals surface area contributed by atoms with E-state index < -0.39 is 4.92 Å². The summed E-state index contributed by atoms with van der Waals surface area (Å²) in [5.74, 6) is 0. The molecule has 0 radical (unpaired) electrons. The summed E-state index contributed by atoms with van der Waals surface area (Å²) in [6.45, 7) is 0. The minimum Gasteiger partial charge on any atom is -0.258 e. The van der Waals surface area contributed by atoms with Crippen LogP contribution in [0.25, 0.3) is 12.2 Å². The number of allylic oxidation sites excluding steroid dienone is 2. The summed E-state index contributed by atoms with van der Waals surface area (Å²) >= 11 is 5.84. The lowest BCUT2D eigenvalue weighted by molar-refractivity contribution is -0.384. The van der Waals surface area contributed by atoms with Crippen molar-refractivity contribution in [1.82, 2.24) is 0 Å². The summed E-state index contributed by atoms with van der Waals surface area (Å²) in [6, 6.07) is 14.6. The Balaban J connectivity index is 2.07. The van der Waals surface area contributed by atoms with Gasteiger partial charge >= 0.3 is 0 Å². The fourth-order valence-electron chi connectivity index (χ4n) is 1.67. The molecular formula is C16H12ClNO2. The van der Waals surface area contributed by atoms with E-state index in [1.165, 1.54) is 6.07 Å². The van der Waals surface area contributed by atoms with Crippen molar-refractivity contribution < 1.29 is 4.92 Å². The van der Waals surface area contributed by atoms with Crippen molar-refractivity contribution in [2.75, 3.05) is 0 Å². The van der Waals surface area contributed by atoms with Crippen molar-refractivity contribution in [1.29, 1.82) is 0 Å². The average molecular weight is 286 g/mol. The Kier molecular flexibility index (Phi) is 4.69. The van der Waals surface area contributed by atoms with Crippen LogP contribution < -0.4 is 0 Å². The van der Waals surface area contributed by atoms with E-state index in [4.69, 9.17) is 11.6 Å². The maximum Gasteiger partial charge on any atom is 0.287 e. The summed E-state index contributed by atoms with van der Waals surface area (Å²) in [4.78, 5) is 10.1. The number of nitro groups is 1. The molecule has 0 amide bonds. The summed E-state index contributed by atoms with van der Waals surface area (Å²) in [6.07, 6.45) is 7.59. The molecule has 0 aliphatic carbocycles. The van der Waals surface area contributed by atoms with E-state index in [0.29, 0.717) is 0 Å². The number of halogens is 1. The van der Waals surface area contributed by atoms with Gasteiger partial charge in [0.15, 0.2) is 0 Å². The smallest absolute Gasteiger partial charge is 0.258 e. The maximum atomic E-state index is 10.6. The van der Waals surface area contributed by atoms with Gasteiger partial charge in [-0.1, -0.05) is 66.2 Å². The minimum atomic E-state index is -0.495. The molecule has 0 saturated heterocycles. The van der Waals surface area contributed by atoms with Gasteiger partial charge in [0.25, 0.3) is 5.69 Å². The van der Waals surface area contributed by atoms with Crippen LogP contribution in [0, 0.1) is 10.1 Å². The highest BCUT2D eigenvalue weighted by molar-refractivity contribution is 6.32. The molecule has 4 heteroatoms. The summed E-state index contributed by atoms with van der Waals surface area (Å²) in [7, 11) is 0. The Hall–Kier alpha value is -2.39. The molecule has 0 unspecified atom stereocenters. The standard InChI is InChI=1S/C16H12ClNO2/c17-15-12-14(10-11-16(15)18(19)20)9-5-4-8-13-6-2-1-3-7-13/h1-12H/b8-4+,9-5-. The molecule has 0 atom stereocenters. The van der Waals surface area contributed by atoms with Gasteiger partial charge in [0.1, 0.15) is 5.02 Å². The Bertz CT molecular complexity index is 663. The van der Waals surface area contributed by atoms with Crippen LogP contribution in [0.3, 0.4) is 0 Å². The van der Waals surface area contributed by atoms with Gasteiger partial charge in [0, 0.05) is 6.07 Å². The third-order valence-corrected chi connectivity index (χ3v) is 2.96. The van der Waals surface area contributed by atoms with Crippen molar-refractivity contribution in [3.05, 3.63) is 86.9 Å². The molecule has 2 aromatic rings. The van der Waals surface area contributed by atoms with Gasteiger partial charge in [-0.3, -0.25) is 10.1 Å². The first-order valence-corrected chi connectivity index (χ1v) is 6.38. The topological polar surface area (TPSA) is 43.1 Å². The van der Waals surface area contributed by atoms with E-state index in [0.717, 1.165) is 11.1 Å². The molecule has 0 N–H and O–H groups in total. The fourth-order valence-corrected chi connectivity index (χ4v) is 1.93. The second-order valence-corrected chi connectivity index (χ2v) is 4.50.